The summed E-state index contributed by atoms with van der Waals surface area (Å²) in [6, 6.07) is -1.07. The number of hydrogen-bond acceptors (Lipinski definition) is 17. The number of carbonyl (C=O) groups excluding carboxylic acids is 9. The van der Waals surface area contributed by atoms with Crippen LogP contribution in [0.1, 0.15) is 106 Å². The van der Waals surface area contributed by atoms with Crippen molar-refractivity contribution < 1.29 is 63.3 Å². The fraction of sp³-hybridized carbons (Fsp3) is 0.610. The van der Waals surface area contributed by atoms with E-state index in [1.54, 1.807) is 35.7 Å². The molecule has 32 nitrogen and oxygen atoms in total. The average molecular weight is 1300 g/mol. The molecule has 1 aliphatic carbocycles. The van der Waals surface area contributed by atoms with Gasteiger partial charge in [0.15, 0.2) is 17.9 Å². The predicted molar refractivity (Wildman–Crippen MR) is 338 cm³/mol. The van der Waals surface area contributed by atoms with E-state index in [1.165, 1.54) is 26.0 Å². The molecule has 4 aliphatic heterocycles. The number of rotatable bonds is 30. The number of hydrogen-bond donors (Lipinski definition) is 15. The summed E-state index contributed by atoms with van der Waals surface area (Å²) < 4.78 is 0. The van der Waals surface area contributed by atoms with Gasteiger partial charge < -0.3 is 102 Å². The third kappa shape index (κ3) is 19.0. The van der Waals surface area contributed by atoms with E-state index in [0.717, 1.165) is 29.7 Å². The van der Waals surface area contributed by atoms with E-state index in [1.807, 2.05) is 6.07 Å². The summed E-state index contributed by atoms with van der Waals surface area (Å²) in [6.07, 6.45) is 3.42. The Kier molecular flexibility index (Phi) is 25.8. The van der Waals surface area contributed by atoms with Gasteiger partial charge in [-0.2, -0.15) is 0 Å². The van der Waals surface area contributed by atoms with Crippen LogP contribution in [0.3, 0.4) is 0 Å². The summed E-state index contributed by atoms with van der Waals surface area (Å²) in [6.45, 7) is -1.46. The molecule has 9 amide bonds. The van der Waals surface area contributed by atoms with Crippen LogP contribution in [0.4, 0.5) is 0 Å². The van der Waals surface area contributed by atoms with Crippen molar-refractivity contribution in [3.8, 4) is 0 Å². The fourth-order valence-electron chi connectivity index (χ4n) is 12.9. The molecule has 504 valence electrons. The Morgan fingerprint density at radius 1 is 0.620 bits per heavy atom. The summed E-state index contributed by atoms with van der Waals surface area (Å²) >= 11 is 1.27. The van der Waals surface area contributed by atoms with Gasteiger partial charge in [-0.15, -0.1) is 11.3 Å². The number of aliphatic imine (C=N–C) groups is 3. The zero-order chi connectivity index (χ0) is 66.8. The zero-order valence-electron chi connectivity index (χ0n) is 51.4. The summed E-state index contributed by atoms with van der Waals surface area (Å²) in [4.78, 5) is 159. The summed E-state index contributed by atoms with van der Waals surface area (Å²) in [5.41, 5.74) is 40.3. The van der Waals surface area contributed by atoms with Crippen LogP contribution in [0.2, 0.25) is 0 Å². The van der Waals surface area contributed by atoms with Gasteiger partial charge in [0.1, 0.15) is 48.3 Å². The van der Waals surface area contributed by atoms with Crippen molar-refractivity contribution in [1.29, 1.82) is 0 Å². The molecule has 3 saturated heterocycles. The first-order valence-corrected chi connectivity index (χ1v) is 32.1. The van der Waals surface area contributed by atoms with E-state index in [2.05, 4.69) is 41.6 Å². The van der Waals surface area contributed by atoms with Crippen LogP contribution in [-0.4, -0.2) is 224 Å². The smallest absolute Gasteiger partial charge is 0.326 e. The molecule has 1 aromatic carbocycles. The van der Waals surface area contributed by atoms with E-state index < -0.39 is 139 Å². The van der Waals surface area contributed by atoms with E-state index in [9.17, 15) is 58.5 Å². The molecular weight excluding hydrogens is 1210 g/mol. The van der Waals surface area contributed by atoms with E-state index in [4.69, 9.17) is 40.1 Å². The van der Waals surface area contributed by atoms with Crippen LogP contribution in [0.15, 0.2) is 56.8 Å². The molecule has 0 spiro atoms. The van der Waals surface area contributed by atoms with Crippen molar-refractivity contribution in [3.63, 3.8) is 0 Å². The van der Waals surface area contributed by atoms with E-state index in [0.29, 0.717) is 29.7 Å². The average Bonchev–Trinajstić information content (AvgIpc) is 1.48. The van der Waals surface area contributed by atoms with Gasteiger partial charge in [-0.25, -0.2) is 4.79 Å². The van der Waals surface area contributed by atoms with Gasteiger partial charge in [0.2, 0.25) is 53.2 Å². The third-order valence-corrected chi connectivity index (χ3v) is 18.3. The lowest BCUT2D eigenvalue weighted by Gasteiger charge is -2.42. The molecular formula is C59H89N19O13S. The van der Waals surface area contributed by atoms with Crippen molar-refractivity contribution in [1.82, 2.24) is 46.2 Å². The van der Waals surface area contributed by atoms with Gasteiger partial charge in [0.25, 0.3) is 0 Å². The summed E-state index contributed by atoms with van der Waals surface area (Å²) in [7, 11) is 0. The molecule has 1 saturated carbocycles. The number of aliphatic carboxylic acids is 1. The Hall–Kier alpha value is -8.69. The largest absolute Gasteiger partial charge is 0.480 e. The predicted octanol–water partition coefficient (Wildman–Crippen LogP) is -5.02. The molecule has 1 aromatic heterocycles. The van der Waals surface area contributed by atoms with Crippen LogP contribution in [0, 0.1) is 5.92 Å². The minimum Gasteiger partial charge on any atom is -0.480 e. The van der Waals surface area contributed by atoms with Crippen LogP contribution in [0.5, 0.6) is 0 Å². The molecule has 2 aromatic rings. The maximum atomic E-state index is 15.3. The van der Waals surface area contributed by atoms with Crippen molar-refractivity contribution in [2.45, 2.75) is 176 Å². The first kappa shape index (κ1) is 70.8. The lowest BCUT2D eigenvalue weighted by atomic mass is 9.84. The minimum atomic E-state index is -1.66. The van der Waals surface area contributed by atoms with Crippen molar-refractivity contribution in [2.24, 2.45) is 61.0 Å². The number of carboxylic acids is 1. The Balaban J connectivity index is 1.02. The molecule has 1 unspecified atom stereocenters. The van der Waals surface area contributed by atoms with Crippen molar-refractivity contribution in [2.75, 3.05) is 45.9 Å². The molecule has 7 rings (SSSR count). The number of thiophene rings is 1. The fourth-order valence-corrected chi connectivity index (χ4v) is 13.6. The van der Waals surface area contributed by atoms with Gasteiger partial charge in [-0.3, -0.25) is 58.1 Å². The maximum Gasteiger partial charge on any atom is 0.326 e. The Morgan fingerprint density at radius 2 is 1.25 bits per heavy atom. The van der Waals surface area contributed by atoms with Crippen LogP contribution in [0.25, 0.3) is 0 Å². The first-order chi connectivity index (χ1) is 43.9. The van der Waals surface area contributed by atoms with E-state index >= 15 is 4.79 Å². The third-order valence-electron chi connectivity index (χ3n) is 17.4. The first-order valence-electron chi connectivity index (χ1n) is 31.2. The number of aliphatic hydroxyl groups is 2. The number of aliphatic hydroxyl groups excluding tert-OH is 2. The molecule has 5 heterocycles. The number of amides is 9. The quantitative estimate of drug-likeness (QED) is 0.0198. The number of nitrogens with zero attached hydrogens (tertiary/aromatic N) is 7. The number of nitrogens with one attached hydrogen (secondary N) is 5. The highest BCUT2D eigenvalue weighted by Crippen LogP contribution is 2.41. The highest BCUT2D eigenvalue weighted by atomic mass is 32.1. The number of β-amino-alcohol motifs (C(OH)–C–C–N with tert-alkyl or cyclic N) is 1. The lowest BCUT2D eigenvalue weighted by molar-refractivity contribution is -0.153. The maximum absolute atomic E-state index is 15.3. The van der Waals surface area contributed by atoms with Crippen molar-refractivity contribution in [3.05, 3.63) is 57.8 Å². The Bertz CT molecular complexity index is 3050. The second-order valence-electron chi connectivity index (χ2n) is 23.9. The monoisotopic (exact) mass is 1300 g/mol. The molecule has 12 atom stereocenters. The Labute approximate surface area is 536 Å². The van der Waals surface area contributed by atoms with Gasteiger partial charge in [-0.1, -0.05) is 43.2 Å². The van der Waals surface area contributed by atoms with Crippen LogP contribution in [-0.2, 0) is 67.3 Å². The standard InChI is InChI=1S/C59H89N19O13S/c60-37(14-5-19-67-57(61)62)48(82)72-38(15-6-20-68-58(63)64)52(86)75-22-8-18-43(75)54(88)77-30-35(80)26-44(77)50(84)70-28-47(81)71-40(27-36-13-9-23-92-36)49(83)74-41(31-79)53(87)76-29-34-12-2-1-10-32(34)24-46(76)55(89)78-42-17-4-3-11-33(42)25-45(78)51(85)73-39(56(90)91)16-7-21-69-59(65)66/h1-2,9-10,12-13,23,33,35,37-46,79-80H,3-8,11,14-22,24-31,60H2,(H,70,84)(H,71,81)(H,72,82)(H,73,85)(H,74,83)(H,90,91)(H4,61,62,67)(H4,63,64,68)(H4,65,66,69)/t33-,35+,37+,38-,39-,40-,41-,42-,43-,44-,45-,46?/m0/s1. The Morgan fingerprint density at radius 3 is 1.89 bits per heavy atom. The highest BCUT2D eigenvalue weighted by Gasteiger charge is 2.52. The van der Waals surface area contributed by atoms with Gasteiger partial charge in [-0.05, 0) is 99.1 Å². The number of carbonyl (C=O) groups is 10. The molecule has 0 radical (unpaired) electrons. The van der Waals surface area contributed by atoms with E-state index in [-0.39, 0.29) is 127 Å². The summed E-state index contributed by atoms with van der Waals surface area (Å²) in [5.74, 6) is -8.33. The molecule has 92 heavy (non-hydrogen) atoms. The summed E-state index contributed by atoms with van der Waals surface area (Å²) in [5, 5.41) is 46.8. The SMILES string of the molecule is NC(N)=NCCC[C@@H](N)C(=O)N[C@@H](CCCN=C(N)N)C(=O)N1CCC[C@H]1C(=O)N1C[C@H](O)C[C@H]1C(=O)NCC(=O)N[C@@H](Cc1cccs1)C(=O)N[C@@H](CO)C(=O)N1Cc2ccccc2CC1C(=O)N1[C@H](C(=O)N[C@@H](CCCN=C(N)N)C(=O)O)C[C@@H]2CCCC[C@@H]21. The minimum absolute atomic E-state index is 0.00000960. The molecule has 4 fully saturated rings. The van der Waals surface area contributed by atoms with Gasteiger partial charge in [0, 0.05) is 69.4 Å². The molecule has 22 N–H and O–H groups in total. The normalized spacial score (nSPS) is 22.4. The van der Waals surface area contributed by atoms with Gasteiger partial charge >= 0.3 is 5.97 Å². The highest BCUT2D eigenvalue weighted by molar-refractivity contribution is 7.09. The number of nitrogens with two attached hydrogens (primary N) is 7. The van der Waals surface area contributed by atoms with Gasteiger partial charge in [0.05, 0.1) is 25.3 Å². The number of likely N-dealkylation sites (tertiary alicyclic amines) is 3. The number of guanidine groups is 3. The molecule has 0 bridgehead atoms. The topological polar surface area (TPSA) is 524 Å². The van der Waals surface area contributed by atoms with Crippen LogP contribution >= 0.6 is 11.3 Å². The van der Waals surface area contributed by atoms with Crippen LogP contribution < -0.4 is 66.7 Å². The number of fused-ring (bicyclic) bond motifs is 2. The zero-order valence-corrected chi connectivity index (χ0v) is 52.3. The lowest BCUT2D eigenvalue weighted by Crippen LogP contribution is -2.63. The number of carboxylic acid groups (broad SMARTS) is 1. The second kappa shape index (κ2) is 33.6. The molecule has 33 heteroatoms. The number of benzene rings is 1. The second-order valence-corrected chi connectivity index (χ2v) is 25.0. The molecule has 5 aliphatic rings. The van der Waals surface area contributed by atoms with Crippen molar-refractivity contribution >= 4 is 88.3 Å².